The number of pyridine rings is 1. The third kappa shape index (κ3) is 5.11. The lowest BCUT2D eigenvalue weighted by atomic mass is 9.95. The molecule has 0 aliphatic carbocycles. The van der Waals surface area contributed by atoms with E-state index in [1.165, 1.54) is 17.2 Å². The van der Waals surface area contributed by atoms with Crippen molar-refractivity contribution in [2.24, 2.45) is 0 Å². The molecule has 240 valence electrons. The van der Waals surface area contributed by atoms with E-state index in [1.807, 2.05) is 4.90 Å². The number of benzene rings is 2. The third-order valence-corrected chi connectivity index (χ3v) is 9.98. The van der Waals surface area contributed by atoms with E-state index in [-0.39, 0.29) is 66.6 Å². The second kappa shape index (κ2) is 12.0. The Kier molecular flexibility index (Phi) is 7.96. The SMILES string of the molecule is C=C(F)C(=O)N1CCN(c2nc(OCC34CCCN3C(CF)CC4)nc3c(F)c(-c4cccc5ccc(F)c(Cl)c45)ncc23)CC1. The first-order chi connectivity index (χ1) is 22.2. The summed E-state index contributed by atoms with van der Waals surface area (Å²) in [6.45, 7) is 4.63. The lowest BCUT2D eigenvalue weighted by Crippen LogP contribution is -2.49. The Hall–Kier alpha value is -4.03. The Bertz CT molecular complexity index is 1870. The number of carbonyl (C=O) groups excluding carboxylic acids is 1. The molecular formula is C33H31ClF4N6O2. The van der Waals surface area contributed by atoms with Crippen LogP contribution in [-0.2, 0) is 4.79 Å². The molecule has 8 nitrogen and oxygen atoms in total. The van der Waals surface area contributed by atoms with Crippen LogP contribution >= 0.6 is 11.6 Å². The lowest BCUT2D eigenvalue weighted by Gasteiger charge is -2.36. The molecule has 1 amide bonds. The maximum Gasteiger partial charge on any atom is 0.319 e. The van der Waals surface area contributed by atoms with Crippen LogP contribution in [0.4, 0.5) is 23.4 Å². The third-order valence-electron chi connectivity index (χ3n) is 9.61. The first-order valence-electron chi connectivity index (χ1n) is 15.3. The van der Waals surface area contributed by atoms with Gasteiger partial charge in [-0.25, -0.2) is 17.6 Å². The maximum absolute atomic E-state index is 16.6. The number of nitrogens with zero attached hydrogens (tertiary/aromatic N) is 6. The van der Waals surface area contributed by atoms with Crippen LogP contribution in [0.2, 0.25) is 5.02 Å². The number of hydrogen-bond donors (Lipinski definition) is 0. The van der Waals surface area contributed by atoms with Crippen molar-refractivity contribution in [1.29, 1.82) is 0 Å². The zero-order valence-electron chi connectivity index (χ0n) is 24.9. The van der Waals surface area contributed by atoms with E-state index < -0.39 is 30.0 Å². The molecule has 3 saturated heterocycles. The molecule has 0 bridgehead atoms. The monoisotopic (exact) mass is 654 g/mol. The number of anilines is 1. The molecule has 2 unspecified atom stereocenters. The van der Waals surface area contributed by atoms with Gasteiger partial charge in [0.1, 0.15) is 36.1 Å². The van der Waals surface area contributed by atoms with E-state index in [4.69, 9.17) is 16.3 Å². The summed E-state index contributed by atoms with van der Waals surface area (Å²) in [5.41, 5.74) is -0.174. The molecule has 13 heteroatoms. The molecule has 0 spiro atoms. The molecule has 0 N–H and O–H groups in total. The van der Waals surface area contributed by atoms with E-state index in [9.17, 15) is 18.0 Å². The average molecular weight is 655 g/mol. The highest BCUT2D eigenvalue weighted by Crippen LogP contribution is 2.43. The number of ether oxygens (including phenoxy) is 1. The number of piperazine rings is 1. The Morgan fingerprint density at radius 2 is 1.89 bits per heavy atom. The molecule has 4 aromatic rings. The number of alkyl halides is 1. The molecule has 3 aliphatic heterocycles. The molecule has 0 radical (unpaired) electrons. The molecule has 3 aliphatic rings. The fraction of sp³-hybridized carbons (Fsp3) is 0.394. The van der Waals surface area contributed by atoms with Crippen molar-refractivity contribution >= 4 is 45.0 Å². The molecule has 2 aromatic carbocycles. The van der Waals surface area contributed by atoms with Crippen molar-refractivity contribution in [2.45, 2.75) is 37.3 Å². The summed E-state index contributed by atoms with van der Waals surface area (Å²) in [5, 5.41) is 1.10. The van der Waals surface area contributed by atoms with Crippen LogP contribution in [0, 0.1) is 11.6 Å². The zero-order chi connectivity index (χ0) is 32.2. The molecular weight excluding hydrogens is 624 g/mol. The van der Waals surface area contributed by atoms with Gasteiger partial charge in [0.05, 0.1) is 15.9 Å². The van der Waals surface area contributed by atoms with E-state index in [2.05, 4.69) is 26.4 Å². The number of amides is 1. The normalized spacial score (nSPS) is 21.7. The number of aromatic nitrogens is 3. The van der Waals surface area contributed by atoms with Crippen LogP contribution in [0.15, 0.2) is 48.9 Å². The van der Waals surface area contributed by atoms with Gasteiger partial charge < -0.3 is 14.5 Å². The van der Waals surface area contributed by atoms with Crippen molar-refractivity contribution in [3.05, 3.63) is 65.6 Å². The number of halogens is 5. The smallest absolute Gasteiger partial charge is 0.319 e. The standard InChI is InChI=1S/C33H31ClF4N6O2/c1-19(36)31(45)43-14-12-42(13-15-43)30-23-17-39-28(22-5-2-4-20-6-7-24(37)26(34)25(20)22)27(38)29(23)40-32(41-30)46-18-33-9-3-11-44(33)21(16-35)8-10-33/h2,4-7,17,21H,1,3,8-16,18H2. The second-order valence-electron chi connectivity index (χ2n) is 12.1. The van der Waals surface area contributed by atoms with Crippen molar-refractivity contribution in [2.75, 3.05) is 50.9 Å². The van der Waals surface area contributed by atoms with Gasteiger partial charge in [-0.15, -0.1) is 0 Å². The van der Waals surface area contributed by atoms with Crippen LogP contribution in [-0.4, -0.2) is 88.2 Å². The van der Waals surface area contributed by atoms with Gasteiger partial charge in [-0.1, -0.05) is 42.4 Å². The summed E-state index contributed by atoms with van der Waals surface area (Å²) in [7, 11) is 0. The number of carbonyl (C=O) groups is 1. The largest absolute Gasteiger partial charge is 0.461 e. The number of hydrogen-bond acceptors (Lipinski definition) is 7. The van der Waals surface area contributed by atoms with Gasteiger partial charge in [-0.2, -0.15) is 9.97 Å². The van der Waals surface area contributed by atoms with E-state index >= 15 is 4.39 Å². The topological polar surface area (TPSA) is 74.7 Å². The summed E-state index contributed by atoms with van der Waals surface area (Å²) in [6.07, 6.45) is 4.74. The molecule has 2 aromatic heterocycles. The molecule has 7 rings (SSSR count). The van der Waals surface area contributed by atoms with E-state index in [0.717, 1.165) is 32.2 Å². The van der Waals surface area contributed by atoms with E-state index in [1.54, 1.807) is 24.3 Å². The van der Waals surface area contributed by atoms with Crippen molar-refractivity contribution < 1.29 is 27.1 Å². The Balaban J connectivity index is 1.30. The van der Waals surface area contributed by atoms with Crippen LogP contribution < -0.4 is 9.64 Å². The highest BCUT2D eigenvalue weighted by molar-refractivity contribution is 6.36. The van der Waals surface area contributed by atoms with Crippen molar-refractivity contribution in [3.8, 4) is 17.3 Å². The minimum absolute atomic E-state index is 0.0545. The molecule has 5 heterocycles. The summed E-state index contributed by atoms with van der Waals surface area (Å²) < 4.78 is 64.7. The first kappa shape index (κ1) is 30.6. The predicted octanol–water partition coefficient (Wildman–Crippen LogP) is 6.25. The van der Waals surface area contributed by atoms with Gasteiger partial charge in [-0.05, 0) is 43.7 Å². The van der Waals surface area contributed by atoms with Crippen molar-refractivity contribution in [3.63, 3.8) is 0 Å². The Morgan fingerprint density at radius 1 is 1.09 bits per heavy atom. The predicted molar refractivity (Wildman–Crippen MR) is 167 cm³/mol. The summed E-state index contributed by atoms with van der Waals surface area (Å²) in [5.74, 6) is -2.87. The van der Waals surface area contributed by atoms with Crippen LogP contribution in [0.3, 0.4) is 0 Å². The summed E-state index contributed by atoms with van der Waals surface area (Å²) >= 11 is 6.36. The average Bonchev–Trinajstić information content (AvgIpc) is 3.64. The Labute approximate surface area is 267 Å². The van der Waals surface area contributed by atoms with Crippen LogP contribution in [0.5, 0.6) is 6.01 Å². The Morgan fingerprint density at radius 3 is 2.65 bits per heavy atom. The number of rotatable bonds is 7. The fourth-order valence-electron chi connectivity index (χ4n) is 7.29. The van der Waals surface area contributed by atoms with E-state index in [0.29, 0.717) is 27.5 Å². The minimum atomic E-state index is -1.04. The molecule has 46 heavy (non-hydrogen) atoms. The summed E-state index contributed by atoms with van der Waals surface area (Å²) in [4.78, 5) is 31.2. The first-order valence-corrected chi connectivity index (χ1v) is 15.7. The van der Waals surface area contributed by atoms with Gasteiger partial charge in [0.25, 0.3) is 5.91 Å². The second-order valence-corrected chi connectivity index (χ2v) is 12.5. The van der Waals surface area contributed by atoms with Crippen molar-refractivity contribution in [1.82, 2.24) is 24.8 Å². The molecule has 0 saturated carbocycles. The number of fused-ring (bicyclic) bond motifs is 3. The zero-order valence-corrected chi connectivity index (χ0v) is 25.7. The highest BCUT2D eigenvalue weighted by atomic mass is 35.5. The quantitative estimate of drug-likeness (QED) is 0.172. The molecule has 3 fully saturated rings. The van der Waals surface area contributed by atoms with Crippen LogP contribution in [0.25, 0.3) is 32.9 Å². The van der Waals surface area contributed by atoms with Gasteiger partial charge in [0, 0.05) is 49.4 Å². The van der Waals surface area contributed by atoms with Gasteiger partial charge in [0.15, 0.2) is 11.6 Å². The minimum Gasteiger partial charge on any atom is -0.461 e. The van der Waals surface area contributed by atoms with Crippen LogP contribution in [0.1, 0.15) is 25.7 Å². The maximum atomic E-state index is 16.6. The highest BCUT2D eigenvalue weighted by Gasteiger charge is 2.49. The van der Waals surface area contributed by atoms with Gasteiger partial charge in [0.2, 0.25) is 0 Å². The van der Waals surface area contributed by atoms with Gasteiger partial charge >= 0.3 is 6.01 Å². The fourth-order valence-corrected chi connectivity index (χ4v) is 7.56. The summed E-state index contributed by atoms with van der Waals surface area (Å²) in [6, 6.07) is 7.69. The van der Waals surface area contributed by atoms with Gasteiger partial charge in [-0.3, -0.25) is 14.7 Å². The lowest BCUT2D eigenvalue weighted by molar-refractivity contribution is -0.128. The molecule has 2 atom stereocenters.